The van der Waals surface area contributed by atoms with Crippen molar-refractivity contribution in [3.63, 3.8) is 0 Å². The number of aromatic nitrogens is 3. The molecule has 0 aliphatic heterocycles. The van der Waals surface area contributed by atoms with Gasteiger partial charge in [0.05, 0.1) is 34.8 Å². The monoisotopic (exact) mass is 652 g/mol. The lowest BCUT2D eigenvalue weighted by atomic mass is 9.83. The van der Waals surface area contributed by atoms with Gasteiger partial charge in [0.1, 0.15) is 11.6 Å². The van der Waals surface area contributed by atoms with E-state index in [1.807, 2.05) is 48.5 Å². The highest BCUT2D eigenvalue weighted by Gasteiger charge is 2.23. The number of hydrogen-bond donors (Lipinski definition) is 1. The molecule has 2 aromatic heterocycles. The summed E-state index contributed by atoms with van der Waals surface area (Å²) in [5.74, 6) is 0.726. The van der Waals surface area contributed by atoms with Gasteiger partial charge in [0.25, 0.3) is 0 Å². The summed E-state index contributed by atoms with van der Waals surface area (Å²) in [4.78, 5) is 10.0. The maximum absolute atomic E-state index is 11.2. The molecule has 4 heteroatoms. The van der Waals surface area contributed by atoms with Crippen LogP contribution in [0.15, 0.2) is 164 Å². The molecule has 4 nitrogen and oxygen atoms in total. The molecule has 0 radical (unpaired) electrons. The fraction of sp³-hybridized carbons (Fsp3) is 0.0870. The average Bonchev–Trinajstić information content (AvgIpc) is 3.59. The summed E-state index contributed by atoms with van der Waals surface area (Å²) in [7, 11) is 0. The first-order valence-corrected chi connectivity index (χ1v) is 16.6. The smallest absolute Gasteiger partial charge is 0.149 e. The standard InChI is InChI=1S/C46H37N3O/c1-46(2,3)36-28-34(27-35(29-36)40-30-33(25-26-47-40)31-15-6-4-7-16-31)38-21-14-23-42-44(38)48-45(39-20-11-13-24-43(39)50)49(42)41-22-12-10-19-37(41)32-17-8-5-9-18-32/h4-30,50H,1-3H3/i4D,6D,7D,15D,16D. The van der Waals surface area contributed by atoms with E-state index in [4.69, 9.17) is 16.8 Å². The number of aromatic hydroxyl groups is 1. The molecular weight excluding hydrogens is 611 g/mol. The zero-order chi connectivity index (χ0) is 38.6. The number of pyridine rings is 1. The predicted octanol–water partition coefficient (Wildman–Crippen LogP) is 11.8. The molecule has 0 aliphatic carbocycles. The minimum absolute atomic E-state index is 0.125. The Morgan fingerprint density at radius 2 is 1.30 bits per heavy atom. The molecule has 50 heavy (non-hydrogen) atoms. The van der Waals surface area contributed by atoms with Crippen molar-refractivity contribution in [3.05, 3.63) is 169 Å². The van der Waals surface area contributed by atoms with E-state index in [0.29, 0.717) is 22.6 Å². The van der Waals surface area contributed by atoms with E-state index in [9.17, 15) is 5.11 Å². The predicted molar refractivity (Wildman–Crippen MR) is 206 cm³/mol. The summed E-state index contributed by atoms with van der Waals surface area (Å²) in [6.45, 7) is 6.45. The Morgan fingerprint density at radius 1 is 0.600 bits per heavy atom. The first-order valence-electron chi connectivity index (χ1n) is 19.1. The summed E-state index contributed by atoms with van der Waals surface area (Å²) < 4.78 is 43.8. The number of para-hydroxylation sites is 3. The first kappa shape index (κ1) is 25.7. The van der Waals surface area contributed by atoms with Crippen LogP contribution in [0, 0.1) is 0 Å². The zero-order valence-electron chi connectivity index (χ0n) is 33.0. The van der Waals surface area contributed by atoms with E-state index in [1.54, 1.807) is 30.5 Å². The molecule has 0 aliphatic rings. The Hall–Kier alpha value is -6.26. The van der Waals surface area contributed by atoms with E-state index in [2.05, 4.69) is 79.9 Å². The van der Waals surface area contributed by atoms with Gasteiger partial charge in [-0.1, -0.05) is 130 Å². The van der Waals surface area contributed by atoms with Gasteiger partial charge in [-0.15, -0.1) is 0 Å². The molecule has 0 saturated carbocycles. The van der Waals surface area contributed by atoms with Crippen LogP contribution in [0.5, 0.6) is 5.75 Å². The van der Waals surface area contributed by atoms with Crippen molar-refractivity contribution in [1.29, 1.82) is 0 Å². The maximum Gasteiger partial charge on any atom is 0.149 e. The Balaban J connectivity index is 1.37. The Labute approximate surface area is 300 Å². The Kier molecular flexibility index (Phi) is 6.50. The minimum Gasteiger partial charge on any atom is -0.507 e. The summed E-state index contributed by atoms with van der Waals surface area (Å²) >= 11 is 0. The normalized spacial score (nSPS) is 13.0. The van der Waals surface area contributed by atoms with Gasteiger partial charge < -0.3 is 5.11 Å². The first-order chi connectivity index (χ1) is 26.4. The van der Waals surface area contributed by atoms with Crippen LogP contribution in [0.4, 0.5) is 0 Å². The van der Waals surface area contributed by atoms with Crippen molar-refractivity contribution < 1.29 is 12.0 Å². The van der Waals surface area contributed by atoms with Gasteiger partial charge >= 0.3 is 0 Å². The number of imidazole rings is 1. The van der Waals surface area contributed by atoms with E-state index in [-0.39, 0.29) is 40.9 Å². The summed E-state index contributed by atoms with van der Waals surface area (Å²) in [6.07, 6.45) is 1.61. The lowest BCUT2D eigenvalue weighted by molar-refractivity contribution is 0.477. The van der Waals surface area contributed by atoms with Crippen LogP contribution >= 0.6 is 0 Å². The number of phenolic OH excluding ortho intramolecular Hbond substituents is 1. The van der Waals surface area contributed by atoms with Crippen molar-refractivity contribution in [1.82, 2.24) is 14.5 Å². The second-order valence-electron chi connectivity index (χ2n) is 13.3. The van der Waals surface area contributed by atoms with Gasteiger partial charge in [-0.3, -0.25) is 9.55 Å². The van der Waals surface area contributed by atoms with Crippen molar-refractivity contribution in [2.24, 2.45) is 0 Å². The molecule has 0 unspecified atom stereocenters. The molecule has 0 amide bonds. The second-order valence-corrected chi connectivity index (χ2v) is 13.3. The van der Waals surface area contributed by atoms with Crippen molar-refractivity contribution in [2.75, 3.05) is 0 Å². The number of phenols is 1. The molecule has 0 atom stereocenters. The SMILES string of the molecule is [2H]c1c([2H])c([2H])c(-c2ccnc(-c3cc(-c4cccc5c4nc(-c4ccccc4O)n5-c4ccccc4-c4ccccc4)cc(C(C)(C)C)c3)c2)c([2H])c1[2H]. The van der Waals surface area contributed by atoms with Crippen LogP contribution in [-0.2, 0) is 5.41 Å². The fourth-order valence-corrected chi connectivity index (χ4v) is 6.45. The number of hydrogen-bond acceptors (Lipinski definition) is 3. The Bertz CT molecular complexity index is 2740. The Morgan fingerprint density at radius 3 is 2.08 bits per heavy atom. The van der Waals surface area contributed by atoms with Crippen LogP contribution in [0.3, 0.4) is 0 Å². The second kappa shape index (κ2) is 12.6. The summed E-state index contributed by atoms with van der Waals surface area (Å²) in [5.41, 5.74) is 9.84. The van der Waals surface area contributed by atoms with Crippen molar-refractivity contribution in [2.45, 2.75) is 26.2 Å². The van der Waals surface area contributed by atoms with Gasteiger partial charge in [-0.05, 0) is 81.8 Å². The molecule has 8 aromatic rings. The molecule has 0 bridgehead atoms. The summed E-state index contributed by atoms with van der Waals surface area (Å²) in [6, 6.07) is 39.9. The number of nitrogens with zero attached hydrogens (tertiary/aromatic N) is 3. The summed E-state index contributed by atoms with van der Waals surface area (Å²) in [5, 5.41) is 11.2. The van der Waals surface area contributed by atoms with Crippen LogP contribution in [0.2, 0.25) is 0 Å². The van der Waals surface area contributed by atoms with Crippen LogP contribution in [-0.4, -0.2) is 19.6 Å². The zero-order valence-corrected chi connectivity index (χ0v) is 28.0. The van der Waals surface area contributed by atoms with Crippen LogP contribution in [0.25, 0.3) is 72.7 Å². The molecule has 0 fully saturated rings. The third kappa shape index (κ3) is 5.75. The molecule has 0 spiro atoms. The van der Waals surface area contributed by atoms with Crippen molar-refractivity contribution >= 4 is 11.0 Å². The largest absolute Gasteiger partial charge is 0.507 e. The fourth-order valence-electron chi connectivity index (χ4n) is 6.45. The van der Waals surface area contributed by atoms with Crippen LogP contribution < -0.4 is 0 Å². The molecule has 242 valence electrons. The quantitative estimate of drug-likeness (QED) is 0.194. The van der Waals surface area contributed by atoms with Gasteiger partial charge in [0, 0.05) is 22.9 Å². The molecule has 8 rings (SSSR count). The van der Waals surface area contributed by atoms with Crippen molar-refractivity contribution in [3.8, 4) is 67.5 Å². The van der Waals surface area contributed by atoms with E-state index < -0.39 is 6.04 Å². The topological polar surface area (TPSA) is 50.9 Å². The van der Waals surface area contributed by atoms with E-state index >= 15 is 0 Å². The molecule has 6 aromatic carbocycles. The van der Waals surface area contributed by atoms with Gasteiger partial charge in [-0.2, -0.15) is 0 Å². The number of benzene rings is 6. The maximum atomic E-state index is 11.2. The van der Waals surface area contributed by atoms with E-state index in [0.717, 1.165) is 50.1 Å². The third-order valence-electron chi connectivity index (χ3n) is 9.01. The highest BCUT2D eigenvalue weighted by atomic mass is 16.3. The van der Waals surface area contributed by atoms with Gasteiger partial charge in [-0.25, -0.2) is 4.98 Å². The molecule has 1 N–H and O–H groups in total. The highest BCUT2D eigenvalue weighted by Crippen LogP contribution is 2.41. The highest BCUT2D eigenvalue weighted by molar-refractivity contribution is 5.97. The number of rotatable bonds is 6. The molecule has 0 saturated heterocycles. The lowest BCUT2D eigenvalue weighted by Crippen LogP contribution is -2.11. The molecular formula is C46H37N3O. The molecule has 2 heterocycles. The third-order valence-corrected chi connectivity index (χ3v) is 9.01. The lowest BCUT2D eigenvalue weighted by Gasteiger charge is -2.22. The minimum atomic E-state index is -0.429. The number of fused-ring (bicyclic) bond motifs is 1. The van der Waals surface area contributed by atoms with E-state index in [1.165, 1.54) is 0 Å². The van der Waals surface area contributed by atoms with Crippen LogP contribution in [0.1, 0.15) is 33.2 Å². The van der Waals surface area contributed by atoms with Gasteiger partial charge in [0.2, 0.25) is 0 Å². The average molecular weight is 653 g/mol. The van der Waals surface area contributed by atoms with Gasteiger partial charge in [0.15, 0.2) is 0 Å².